The minimum absolute atomic E-state index is 0.199. The Hall–Kier alpha value is -0.160. The zero-order valence-corrected chi connectivity index (χ0v) is 10.8. The van der Waals surface area contributed by atoms with Crippen molar-refractivity contribution in [2.24, 2.45) is 0 Å². The zero-order chi connectivity index (χ0) is 12.1. The molecule has 1 atom stereocenters. The van der Waals surface area contributed by atoms with E-state index in [2.05, 4.69) is 12.2 Å². The number of aliphatic hydroxyl groups excluding tert-OH is 1. The highest BCUT2D eigenvalue weighted by molar-refractivity contribution is 4.85. The lowest BCUT2D eigenvalue weighted by Crippen LogP contribution is -2.44. The Morgan fingerprint density at radius 2 is 1.94 bits per heavy atom. The third-order valence-corrected chi connectivity index (χ3v) is 3.83. The van der Waals surface area contributed by atoms with Crippen molar-refractivity contribution in [3.63, 3.8) is 0 Å². The number of aliphatic hydroxyl groups is 1. The van der Waals surface area contributed by atoms with Gasteiger partial charge >= 0.3 is 0 Å². The normalized spacial score (nSPS) is 26.5. The second-order valence-corrected chi connectivity index (χ2v) is 5.23. The summed E-state index contributed by atoms with van der Waals surface area (Å²) in [7, 11) is 0. The highest BCUT2D eigenvalue weighted by Crippen LogP contribution is 2.35. The molecule has 17 heavy (non-hydrogen) atoms. The van der Waals surface area contributed by atoms with Crippen molar-refractivity contribution in [3.8, 4) is 0 Å². The van der Waals surface area contributed by atoms with Gasteiger partial charge in [-0.2, -0.15) is 0 Å². The molecule has 1 aliphatic heterocycles. The molecule has 0 aromatic carbocycles. The van der Waals surface area contributed by atoms with Gasteiger partial charge in [0.15, 0.2) is 5.79 Å². The van der Waals surface area contributed by atoms with Crippen LogP contribution in [0.3, 0.4) is 0 Å². The third kappa shape index (κ3) is 3.65. The van der Waals surface area contributed by atoms with Gasteiger partial charge in [-0.15, -0.1) is 0 Å². The number of ether oxygens (including phenoxy) is 2. The molecule has 2 fully saturated rings. The van der Waals surface area contributed by atoms with Crippen LogP contribution in [0, 0.1) is 0 Å². The summed E-state index contributed by atoms with van der Waals surface area (Å²) in [4.78, 5) is 0. The molecule has 2 aliphatic rings. The molecule has 0 radical (unpaired) electrons. The molecule has 1 saturated heterocycles. The van der Waals surface area contributed by atoms with E-state index in [-0.39, 0.29) is 11.9 Å². The molecule has 1 spiro atoms. The maximum absolute atomic E-state index is 9.67. The van der Waals surface area contributed by atoms with E-state index in [0.717, 1.165) is 51.7 Å². The Kier molecular flexibility index (Phi) is 4.79. The van der Waals surface area contributed by atoms with Crippen molar-refractivity contribution in [1.82, 2.24) is 5.32 Å². The summed E-state index contributed by atoms with van der Waals surface area (Å²) in [6, 6.07) is 0.514. The molecule has 1 heterocycles. The van der Waals surface area contributed by atoms with Crippen LogP contribution in [-0.4, -0.2) is 42.8 Å². The number of rotatable bonds is 5. The smallest absolute Gasteiger partial charge is 0.168 e. The molecule has 1 aliphatic carbocycles. The van der Waals surface area contributed by atoms with E-state index >= 15 is 0 Å². The first-order valence-electron chi connectivity index (χ1n) is 6.93. The van der Waals surface area contributed by atoms with Gasteiger partial charge in [0.05, 0.1) is 19.3 Å². The lowest BCUT2D eigenvalue weighted by Gasteiger charge is -2.36. The molecular formula is C13H25NO3. The first-order chi connectivity index (χ1) is 8.24. The molecule has 4 heteroatoms. The van der Waals surface area contributed by atoms with E-state index in [1.807, 2.05) is 0 Å². The van der Waals surface area contributed by atoms with Gasteiger partial charge < -0.3 is 19.9 Å². The Balaban J connectivity index is 1.65. The van der Waals surface area contributed by atoms with Gasteiger partial charge in [0, 0.05) is 25.4 Å². The van der Waals surface area contributed by atoms with Gasteiger partial charge in [0.25, 0.3) is 0 Å². The minimum atomic E-state index is -0.264. The topological polar surface area (TPSA) is 50.7 Å². The molecule has 2 N–H and O–H groups in total. The second kappa shape index (κ2) is 6.14. The molecule has 1 unspecified atom stereocenters. The van der Waals surface area contributed by atoms with E-state index in [0.29, 0.717) is 12.6 Å². The SMILES string of the molecule is CCCC(O)CNC1CCC2(CC1)OCCO2. The van der Waals surface area contributed by atoms with Crippen molar-refractivity contribution in [1.29, 1.82) is 0 Å². The minimum Gasteiger partial charge on any atom is -0.392 e. The Morgan fingerprint density at radius 3 is 2.53 bits per heavy atom. The molecule has 0 bridgehead atoms. The fraction of sp³-hybridized carbons (Fsp3) is 1.00. The average Bonchev–Trinajstić information content (AvgIpc) is 2.78. The van der Waals surface area contributed by atoms with Crippen LogP contribution < -0.4 is 5.32 Å². The molecular weight excluding hydrogens is 218 g/mol. The maximum Gasteiger partial charge on any atom is 0.168 e. The van der Waals surface area contributed by atoms with Gasteiger partial charge in [-0.05, 0) is 19.3 Å². The Labute approximate surface area is 104 Å². The molecule has 0 amide bonds. The summed E-state index contributed by atoms with van der Waals surface area (Å²) >= 11 is 0. The lowest BCUT2D eigenvalue weighted by molar-refractivity contribution is -0.179. The number of hydrogen-bond donors (Lipinski definition) is 2. The van der Waals surface area contributed by atoms with E-state index in [4.69, 9.17) is 9.47 Å². The van der Waals surface area contributed by atoms with Crippen LogP contribution in [0.25, 0.3) is 0 Å². The van der Waals surface area contributed by atoms with Crippen molar-refractivity contribution in [2.75, 3.05) is 19.8 Å². The zero-order valence-electron chi connectivity index (χ0n) is 10.8. The standard InChI is InChI=1S/C13H25NO3/c1-2-3-12(15)10-14-11-4-6-13(7-5-11)16-8-9-17-13/h11-12,14-15H,2-10H2,1H3. The molecule has 0 aromatic heterocycles. The van der Waals surface area contributed by atoms with Crippen molar-refractivity contribution in [3.05, 3.63) is 0 Å². The van der Waals surface area contributed by atoms with Crippen LogP contribution in [0.1, 0.15) is 45.4 Å². The van der Waals surface area contributed by atoms with E-state index < -0.39 is 0 Å². The molecule has 2 rings (SSSR count). The summed E-state index contributed by atoms with van der Waals surface area (Å²) in [5.41, 5.74) is 0. The fourth-order valence-corrected chi connectivity index (χ4v) is 2.79. The van der Waals surface area contributed by atoms with Gasteiger partial charge in [-0.1, -0.05) is 13.3 Å². The Bertz CT molecular complexity index is 219. The lowest BCUT2D eigenvalue weighted by atomic mass is 9.90. The summed E-state index contributed by atoms with van der Waals surface area (Å²) in [5, 5.41) is 13.1. The van der Waals surface area contributed by atoms with Gasteiger partial charge in [-0.25, -0.2) is 0 Å². The van der Waals surface area contributed by atoms with Gasteiger partial charge in [-0.3, -0.25) is 0 Å². The summed E-state index contributed by atoms with van der Waals surface area (Å²) < 4.78 is 11.4. The van der Waals surface area contributed by atoms with Crippen LogP contribution in [0.5, 0.6) is 0 Å². The van der Waals surface area contributed by atoms with E-state index in [1.54, 1.807) is 0 Å². The first-order valence-corrected chi connectivity index (χ1v) is 6.93. The van der Waals surface area contributed by atoms with Gasteiger partial charge in [0.1, 0.15) is 0 Å². The number of nitrogens with one attached hydrogen (secondary N) is 1. The quantitative estimate of drug-likeness (QED) is 0.767. The largest absolute Gasteiger partial charge is 0.392 e. The van der Waals surface area contributed by atoms with Crippen molar-refractivity contribution < 1.29 is 14.6 Å². The van der Waals surface area contributed by atoms with E-state index in [9.17, 15) is 5.11 Å². The van der Waals surface area contributed by atoms with E-state index in [1.165, 1.54) is 0 Å². The summed E-state index contributed by atoms with van der Waals surface area (Å²) in [5.74, 6) is -0.264. The predicted molar refractivity (Wildman–Crippen MR) is 65.8 cm³/mol. The average molecular weight is 243 g/mol. The van der Waals surface area contributed by atoms with Crippen LogP contribution in [0.4, 0.5) is 0 Å². The van der Waals surface area contributed by atoms with Crippen LogP contribution >= 0.6 is 0 Å². The molecule has 100 valence electrons. The predicted octanol–water partition coefficient (Wildman–Crippen LogP) is 1.42. The van der Waals surface area contributed by atoms with Crippen LogP contribution in [0.15, 0.2) is 0 Å². The second-order valence-electron chi connectivity index (χ2n) is 5.23. The summed E-state index contributed by atoms with van der Waals surface area (Å²) in [6.45, 7) is 4.30. The molecule has 0 aromatic rings. The van der Waals surface area contributed by atoms with Crippen LogP contribution in [0.2, 0.25) is 0 Å². The highest BCUT2D eigenvalue weighted by Gasteiger charge is 2.40. The highest BCUT2D eigenvalue weighted by atomic mass is 16.7. The molecule has 1 saturated carbocycles. The van der Waals surface area contributed by atoms with Crippen LogP contribution in [-0.2, 0) is 9.47 Å². The summed E-state index contributed by atoms with van der Waals surface area (Å²) in [6.07, 6.45) is 5.85. The monoisotopic (exact) mass is 243 g/mol. The Morgan fingerprint density at radius 1 is 1.29 bits per heavy atom. The number of hydrogen-bond acceptors (Lipinski definition) is 4. The maximum atomic E-state index is 9.67. The molecule has 4 nitrogen and oxygen atoms in total. The third-order valence-electron chi connectivity index (χ3n) is 3.83. The van der Waals surface area contributed by atoms with Gasteiger partial charge in [0.2, 0.25) is 0 Å². The van der Waals surface area contributed by atoms with Crippen molar-refractivity contribution >= 4 is 0 Å². The van der Waals surface area contributed by atoms with Crippen molar-refractivity contribution in [2.45, 2.75) is 63.4 Å². The fourth-order valence-electron chi connectivity index (χ4n) is 2.79. The first kappa shape index (κ1) is 13.3.